The molecule has 2 atom stereocenters. The van der Waals surface area contributed by atoms with E-state index in [0.717, 1.165) is 30.7 Å². The third-order valence-electron chi connectivity index (χ3n) is 5.39. The van der Waals surface area contributed by atoms with Crippen molar-refractivity contribution in [2.75, 3.05) is 12.3 Å². The van der Waals surface area contributed by atoms with E-state index in [-0.39, 0.29) is 23.2 Å². The van der Waals surface area contributed by atoms with E-state index in [0.29, 0.717) is 5.92 Å². The Kier molecular flexibility index (Phi) is 9.03. The SMILES string of the molecule is CCCCCCNC(=O)C1CSC(C2CCCCC2)N1C(=O)C=C(C)C. The maximum Gasteiger partial charge on any atom is 0.248 e. The molecular weight excluding hydrogens is 344 g/mol. The summed E-state index contributed by atoms with van der Waals surface area (Å²) >= 11 is 1.81. The van der Waals surface area contributed by atoms with Gasteiger partial charge in [-0.2, -0.15) is 0 Å². The topological polar surface area (TPSA) is 49.4 Å². The second kappa shape index (κ2) is 11.0. The number of thioether (sulfide) groups is 1. The highest BCUT2D eigenvalue weighted by atomic mass is 32.2. The molecule has 4 nitrogen and oxygen atoms in total. The molecular formula is C21H36N2O2S. The smallest absolute Gasteiger partial charge is 0.248 e. The first kappa shape index (κ1) is 21.3. The summed E-state index contributed by atoms with van der Waals surface area (Å²) in [6.07, 6.45) is 12.4. The quantitative estimate of drug-likeness (QED) is 0.498. The first-order chi connectivity index (χ1) is 12.5. The van der Waals surface area contributed by atoms with Gasteiger partial charge in [0.25, 0.3) is 0 Å². The van der Waals surface area contributed by atoms with Crippen molar-refractivity contribution in [2.45, 2.75) is 90.0 Å². The zero-order valence-corrected chi connectivity index (χ0v) is 17.6. The van der Waals surface area contributed by atoms with Gasteiger partial charge in [-0.25, -0.2) is 0 Å². The van der Waals surface area contributed by atoms with Crippen LogP contribution < -0.4 is 5.32 Å². The zero-order valence-electron chi connectivity index (χ0n) is 16.8. The average molecular weight is 381 g/mol. The fourth-order valence-electron chi connectivity index (χ4n) is 3.99. The number of nitrogens with one attached hydrogen (secondary N) is 1. The van der Waals surface area contributed by atoms with Gasteiger partial charge in [-0.3, -0.25) is 9.59 Å². The second-order valence-electron chi connectivity index (χ2n) is 7.96. The molecule has 2 amide bonds. The number of carbonyl (C=O) groups excluding carboxylic acids is 2. The van der Waals surface area contributed by atoms with Crippen LogP contribution in [0.4, 0.5) is 0 Å². The molecule has 0 aromatic rings. The highest BCUT2D eigenvalue weighted by molar-refractivity contribution is 8.00. The molecule has 148 valence electrons. The van der Waals surface area contributed by atoms with Crippen LogP contribution in [0.2, 0.25) is 0 Å². The van der Waals surface area contributed by atoms with E-state index < -0.39 is 0 Å². The predicted molar refractivity (Wildman–Crippen MR) is 110 cm³/mol. The molecule has 1 aliphatic carbocycles. The minimum absolute atomic E-state index is 0.0108. The Morgan fingerprint density at radius 2 is 1.85 bits per heavy atom. The van der Waals surface area contributed by atoms with E-state index in [1.165, 1.54) is 44.9 Å². The molecule has 1 heterocycles. The van der Waals surface area contributed by atoms with Crippen LogP contribution in [-0.2, 0) is 9.59 Å². The van der Waals surface area contributed by atoms with E-state index in [4.69, 9.17) is 0 Å². The van der Waals surface area contributed by atoms with Gasteiger partial charge in [0.1, 0.15) is 6.04 Å². The highest BCUT2D eigenvalue weighted by Gasteiger charge is 2.44. The third-order valence-corrected chi connectivity index (χ3v) is 6.85. The molecule has 1 N–H and O–H groups in total. The van der Waals surface area contributed by atoms with Gasteiger partial charge in [0, 0.05) is 18.4 Å². The van der Waals surface area contributed by atoms with Gasteiger partial charge in [0.2, 0.25) is 11.8 Å². The van der Waals surface area contributed by atoms with Crippen LogP contribution in [-0.4, -0.2) is 40.4 Å². The summed E-state index contributed by atoms with van der Waals surface area (Å²) in [7, 11) is 0. The van der Waals surface area contributed by atoms with Crippen LogP contribution in [0.3, 0.4) is 0 Å². The van der Waals surface area contributed by atoms with Gasteiger partial charge in [-0.1, -0.05) is 51.0 Å². The number of carbonyl (C=O) groups is 2. The van der Waals surface area contributed by atoms with Gasteiger partial charge in [0.15, 0.2) is 0 Å². The zero-order chi connectivity index (χ0) is 18.9. The molecule has 1 saturated heterocycles. The highest BCUT2D eigenvalue weighted by Crippen LogP contribution is 2.40. The second-order valence-corrected chi connectivity index (χ2v) is 9.11. The lowest BCUT2D eigenvalue weighted by molar-refractivity contribution is -0.137. The maximum atomic E-state index is 12.9. The number of hydrogen-bond donors (Lipinski definition) is 1. The lowest BCUT2D eigenvalue weighted by Gasteiger charge is -2.35. The van der Waals surface area contributed by atoms with Crippen molar-refractivity contribution >= 4 is 23.6 Å². The van der Waals surface area contributed by atoms with Crippen molar-refractivity contribution in [1.82, 2.24) is 10.2 Å². The third kappa shape index (κ3) is 6.04. The van der Waals surface area contributed by atoms with Crippen LogP contribution in [0.5, 0.6) is 0 Å². The average Bonchev–Trinajstić information content (AvgIpc) is 3.07. The molecule has 2 unspecified atom stereocenters. The van der Waals surface area contributed by atoms with Crippen molar-refractivity contribution in [3.63, 3.8) is 0 Å². The van der Waals surface area contributed by atoms with E-state index in [1.807, 2.05) is 30.5 Å². The van der Waals surface area contributed by atoms with E-state index in [1.54, 1.807) is 6.08 Å². The molecule has 0 bridgehead atoms. The summed E-state index contributed by atoms with van der Waals surface area (Å²) in [4.78, 5) is 27.6. The number of rotatable bonds is 8. The minimum atomic E-state index is -0.318. The van der Waals surface area contributed by atoms with Crippen molar-refractivity contribution in [2.24, 2.45) is 5.92 Å². The Hall–Kier alpha value is -0.970. The van der Waals surface area contributed by atoms with E-state index in [2.05, 4.69) is 12.2 Å². The molecule has 2 rings (SSSR count). The van der Waals surface area contributed by atoms with Crippen LogP contribution in [0, 0.1) is 5.92 Å². The summed E-state index contributed by atoms with van der Waals surface area (Å²) in [6.45, 7) is 6.80. The molecule has 1 saturated carbocycles. The van der Waals surface area contributed by atoms with Crippen LogP contribution >= 0.6 is 11.8 Å². The Morgan fingerprint density at radius 3 is 2.50 bits per heavy atom. The molecule has 0 aromatic heterocycles. The molecule has 0 spiro atoms. The Balaban J connectivity index is 2.02. The van der Waals surface area contributed by atoms with Crippen molar-refractivity contribution < 1.29 is 9.59 Å². The standard InChI is InChI=1S/C21H36N2O2S/c1-4-5-6-10-13-22-20(25)18-15-26-21(17-11-8-7-9-12-17)23(18)19(24)14-16(2)3/h14,17-18,21H,4-13,15H2,1-3H3,(H,22,25). The van der Waals surface area contributed by atoms with Gasteiger partial charge in [-0.15, -0.1) is 11.8 Å². The number of allylic oxidation sites excluding steroid dienone is 1. The van der Waals surface area contributed by atoms with Crippen molar-refractivity contribution in [3.8, 4) is 0 Å². The maximum absolute atomic E-state index is 12.9. The number of hydrogen-bond acceptors (Lipinski definition) is 3. The van der Waals surface area contributed by atoms with Crippen molar-refractivity contribution in [1.29, 1.82) is 0 Å². The monoisotopic (exact) mass is 380 g/mol. The molecule has 2 aliphatic rings. The van der Waals surface area contributed by atoms with Gasteiger partial charge < -0.3 is 10.2 Å². The number of nitrogens with zero attached hydrogens (tertiary/aromatic N) is 1. The summed E-state index contributed by atoms with van der Waals surface area (Å²) in [5, 5.41) is 3.24. The van der Waals surface area contributed by atoms with Crippen LogP contribution in [0.25, 0.3) is 0 Å². The van der Waals surface area contributed by atoms with Gasteiger partial charge in [-0.05, 0) is 39.0 Å². The van der Waals surface area contributed by atoms with E-state index >= 15 is 0 Å². The van der Waals surface area contributed by atoms with Gasteiger partial charge in [0.05, 0.1) is 5.37 Å². The Labute approximate surface area is 163 Å². The predicted octanol–water partition coefficient (Wildman–Crippen LogP) is 4.50. The molecule has 5 heteroatoms. The summed E-state index contributed by atoms with van der Waals surface area (Å²) in [5.74, 6) is 1.30. The Morgan fingerprint density at radius 1 is 1.12 bits per heavy atom. The summed E-state index contributed by atoms with van der Waals surface area (Å²) < 4.78 is 0. The molecule has 0 radical (unpaired) electrons. The van der Waals surface area contributed by atoms with Crippen molar-refractivity contribution in [3.05, 3.63) is 11.6 Å². The summed E-state index contributed by atoms with van der Waals surface area (Å²) in [5.41, 5.74) is 0.994. The van der Waals surface area contributed by atoms with E-state index in [9.17, 15) is 9.59 Å². The normalized spacial score (nSPS) is 23.7. The molecule has 2 fully saturated rings. The van der Waals surface area contributed by atoms with Gasteiger partial charge >= 0.3 is 0 Å². The summed E-state index contributed by atoms with van der Waals surface area (Å²) in [6, 6.07) is -0.318. The van der Waals surface area contributed by atoms with Crippen LogP contribution in [0.1, 0.15) is 78.6 Å². The van der Waals surface area contributed by atoms with Crippen LogP contribution in [0.15, 0.2) is 11.6 Å². The molecule has 26 heavy (non-hydrogen) atoms. The minimum Gasteiger partial charge on any atom is -0.354 e. The fraction of sp³-hybridized carbons (Fsp3) is 0.810. The molecule has 1 aliphatic heterocycles. The molecule has 0 aromatic carbocycles. The first-order valence-corrected chi connectivity index (χ1v) is 11.5. The largest absolute Gasteiger partial charge is 0.354 e. The number of amides is 2. The Bertz CT molecular complexity index is 496. The fourth-order valence-corrected chi connectivity index (χ4v) is 5.64. The first-order valence-electron chi connectivity index (χ1n) is 10.4. The lowest BCUT2D eigenvalue weighted by atomic mass is 9.88. The number of unbranched alkanes of at least 4 members (excludes halogenated alkanes) is 3. The lowest BCUT2D eigenvalue weighted by Crippen LogP contribution is -2.51.